The van der Waals surface area contributed by atoms with Crippen LogP contribution in [0.2, 0.25) is 0 Å². The highest BCUT2D eigenvalue weighted by Crippen LogP contribution is 2.31. The van der Waals surface area contributed by atoms with Crippen molar-refractivity contribution >= 4 is 17.5 Å². The molecule has 7 nitrogen and oxygen atoms in total. The topological polar surface area (TPSA) is 102 Å². The maximum atomic E-state index is 12.4. The maximum absolute atomic E-state index is 12.4. The van der Waals surface area contributed by atoms with E-state index < -0.39 is 5.54 Å². The van der Waals surface area contributed by atoms with Crippen molar-refractivity contribution in [3.05, 3.63) is 12.4 Å². The van der Waals surface area contributed by atoms with Gasteiger partial charge in [0.05, 0.1) is 17.4 Å². The molecule has 116 valence electrons. The Morgan fingerprint density at radius 3 is 3.00 bits per heavy atom. The molecule has 0 bridgehead atoms. The maximum Gasteiger partial charge on any atom is 0.244 e. The van der Waals surface area contributed by atoms with E-state index in [1.165, 1.54) is 10.9 Å². The van der Waals surface area contributed by atoms with Crippen molar-refractivity contribution in [2.45, 2.75) is 44.7 Å². The van der Waals surface area contributed by atoms with Gasteiger partial charge in [0, 0.05) is 13.2 Å². The van der Waals surface area contributed by atoms with Crippen molar-refractivity contribution in [3.8, 4) is 0 Å². The number of likely N-dealkylation sites (N-methyl/N-ethyl adjacent to an activating group) is 1. The van der Waals surface area contributed by atoms with Crippen molar-refractivity contribution in [3.63, 3.8) is 0 Å². The molecule has 2 amide bonds. The smallest absolute Gasteiger partial charge is 0.244 e. The first-order valence-corrected chi connectivity index (χ1v) is 7.26. The average Bonchev–Trinajstić information content (AvgIpc) is 2.85. The summed E-state index contributed by atoms with van der Waals surface area (Å²) in [7, 11) is 1.57. The zero-order chi connectivity index (χ0) is 15.5. The second-order valence-corrected chi connectivity index (χ2v) is 5.91. The Hall–Kier alpha value is -1.89. The molecule has 1 aromatic rings. The lowest BCUT2D eigenvalue weighted by Gasteiger charge is -2.35. The Morgan fingerprint density at radius 2 is 2.33 bits per heavy atom. The summed E-state index contributed by atoms with van der Waals surface area (Å²) in [4.78, 5) is 23.6. The average molecular weight is 293 g/mol. The predicted octanol–water partition coefficient (Wildman–Crippen LogP) is 0.475. The second kappa shape index (κ2) is 6.26. The van der Waals surface area contributed by atoms with Crippen LogP contribution in [-0.4, -0.2) is 34.2 Å². The van der Waals surface area contributed by atoms with Crippen LogP contribution in [0.15, 0.2) is 12.4 Å². The molecule has 1 aromatic heterocycles. The zero-order valence-electron chi connectivity index (χ0n) is 12.6. The van der Waals surface area contributed by atoms with Crippen molar-refractivity contribution in [2.24, 2.45) is 11.7 Å². The van der Waals surface area contributed by atoms with Gasteiger partial charge in [-0.2, -0.15) is 5.10 Å². The predicted molar refractivity (Wildman–Crippen MR) is 79.5 cm³/mol. The first-order valence-electron chi connectivity index (χ1n) is 7.26. The number of hydrogen-bond acceptors (Lipinski definition) is 4. The minimum Gasteiger partial charge on any atom is -0.358 e. The molecule has 7 heteroatoms. The number of hydrogen-bond donors (Lipinski definition) is 3. The van der Waals surface area contributed by atoms with Crippen LogP contribution in [0.1, 0.15) is 32.6 Å². The lowest BCUT2D eigenvalue weighted by Crippen LogP contribution is -2.53. The van der Waals surface area contributed by atoms with E-state index in [2.05, 4.69) is 22.7 Å². The van der Waals surface area contributed by atoms with Crippen LogP contribution in [0.25, 0.3) is 0 Å². The molecule has 0 aromatic carbocycles. The van der Waals surface area contributed by atoms with Crippen LogP contribution in [0.5, 0.6) is 0 Å². The van der Waals surface area contributed by atoms with E-state index in [9.17, 15) is 9.59 Å². The van der Waals surface area contributed by atoms with Crippen LogP contribution in [0, 0.1) is 5.92 Å². The Bertz CT molecular complexity index is 527. The molecule has 0 radical (unpaired) electrons. The van der Waals surface area contributed by atoms with Gasteiger partial charge in [0.2, 0.25) is 11.8 Å². The Morgan fingerprint density at radius 1 is 1.57 bits per heavy atom. The van der Waals surface area contributed by atoms with Gasteiger partial charge >= 0.3 is 0 Å². The van der Waals surface area contributed by atoms with Crippen LogP contribution < -0.4 is 16.4 Å². The van der Waals surface area contributed by atoms with E-state index in [0.717, 1.165) is 12.8 Å². The molecule has 0 aliphatic heterocycles. The highest BCUT2D eigenvalue weighted by atomic mass is 16.2. The third-order valence-corrected chi connectivity index (χ3v) is 3.96. The fraction of sp³-hybridized carbons (Fsp3) is 0.643. The molecule has 2 rings (SSSR count). The number of nitrogens with zero attached hydrogens (tertiary/aromatic N) is 2. The van der Waals surface area contributed by atoms with Crippen LogP contribution in [0.3, 0.4) is 0 Å². The van der Waals surface area contributed by atoms with Crippen molar-refractivity contribution < 1.29 is 9.59 Å². The molecule has 0 saturated heterocycles. The molecule has 1 heterocycles. The lowest BCUT2D eigenvalue weighted by atomic mass is 9.76. The minimum absolute atomic E-state index is 0.122. The van der Waals surface area contributed by atoms with Crippen LogP contribution >= 0.6 is 0 Å². The van der Waals surface area contributed by atoms with Gasteiger partial charge in [-0.3, -0.25) is 14.3 Å². The number of amides is 2. The van der Waals surface area contributed by atoms with E-state index in [1.54, 1.807) is 13.2 Å². The van der Waals surface area contributed by atoms with Crippen LogP contribution in [-0.2, 0) is 16.1 Å². The summed E-state index contributed by atoms with van der Waals surface area (Å²) in [6, 6.07) is 0. The summed E-state index contributed by atoms with van der Waals surface area (Å²) in [6.07, 6.45) is 6.65. The summed E-state index contributed by atoms with van der Waals surface area (Å²) in [5.74, 6) is 0.145. The van der Waals surface area contributed by atoms with E-state index in [0.29, 0.717) is 24.4 Å². The fourth-order valence-corrected chi connectivity index (χ4v) is 2.79. The summed E-state index contributed by atoms with van der Waals surface area (Å²) in [5, 5.41) is 9.36. The Balaban J connectivity index is 1.98. The molecule has 0 spiro atoms. The number of anilines is 1. The van der Waals surface area contributed by atoms with Gasteiger partial charge < -0.3 is 16.4 Å². The van der Waals surface area contributed by atoms with Gasteiger partial charge in [-0.1, -0.05) is 19.8 Å². The molecule has 4 N–H and O–H groups in total. The molecule has 1 aliphatic carbocycles. The third-order valence-electron chi connectivity index (χ3n) is 3.96. The van der Waals surface area contributed by atoms with Crippen LogP contribution in [0.4, 0.5) is 5.69 Å². The molecule has 1 aliphatic rings. The molecule has 2 atom stereocenters. The number of nitrogens with two attached hydrogens (primary N) is 1. The van der Waals surface area contributed by atoms with Gasteiger partial charge in [-0.25, -0.2) is 0 Å². The van der Waals surface area contributed by atoms with E-state index in [-0.39, 0.29) is 18.4 Å². The first kappa shape index (κ1) is 15.5. The Labute approximate surface area is 124 Å². The van der Waals surface area contributed by atoms with Gasteiger partial charge in [-0.15, -0.1) is 0 Å². The minimum atomic E-state index is -0.805. The summed E-state index contributed by atoms with van der Waals surface area (Å²) < 4.78 is 1.47. The fourth-order valence-electron chi connectivity index (χ4n) is 2.79. The SMILES string of the molecule is CNC(=O)Cn1cc(NC(=O)C2(N)CCCC(C)C2)cn1. The molecule has 21 heavy (non-hydrogen) atoms. The quantitative estimate of drug-likeness (QED) is 0.751. The molecule has 1 fully saturated rings. The first-order chi connectivity index (χ1) is 9.93. The number of aromatic nitrogens is 2. The Kier molecular flexibility index (Phi) is 4.62. The normalized spacial score (nSPS) is 25.4. The molecular formula is C14H23N5O2. The highest BCUT2D eigenvalue weighted by Gasteiger charge is 2.38. The monoisotopic (exact) mass is 293 g/mol. The summed E-state index contributed by atoms with van der Waals surface area (Å²) in [6.45, 7) is 2.24. The second-order valence-electron chi connectivity index (χ2n) is 5.91. The number of rotatable bonds is 4. The molecular weight excluding hydrogens is 270 g/mol. The summed E-state index contributed by atoms with van der Waals surface area (Å²) in [5.41, 5.74) is 6.00. The van der Waals surface area contributed by atoms with Crippen molar-refractivity contribution in [1.82, 2.24) is 15.1 Å². The molecule has 2 unspecified atom stereocenters. The van der Waals surface area contributed by atoms with Gasteiger partial charge in [0.25, 0.3) is 0 Å². The van der Waals surface area contributed by atoms with Gasteiger partial charge in [-0.05, 0) is 18.8 Å². The zero-order valence-corrected chi connectivity index (χ0v) is 12.6. The van der Waals surface area contributed by atoms with E-state index in [4.69, 9.17) is 5.73 Å². The standard InChI is InChI=1S/C14H23N5O2/c1-10-4-3-5-14(15,6-10)13(21)18-11-7-17-19(8-11)9-12(20)16-2/h7-8,10H,3-6,9,15H2,1-2H3,(H,16,20)(H,18,21). The van der Waals surface area contributed by atoms with E-state index >= 15 is 0 Å². The van der Waals surface area contributed by atoms with E-state index in [1.807, 2.05) is 0 Å². The highest BCUT2D eigenvalue weighted by molar-refractivity contribution is 5.97. The van der Waals surface area contributed by atoms with Gasteiger partial charge in [0.1, 0.15) is 6.54 Å². The number of carbonyl (C=O) groups is 2. The number of carbonyl (C=O) groups excluding carboxylic acids is 2. The van der Waals surface area contributed by atoms with Crippen molar-refractivity contribution in [2.75, 3.05) is 12.4 Å². The van der Waals surface area contributed by atoms with Gasteiger partial charge in [0.15, 0.2) is 0 Å². The largest absolute Gasteiger partial charge is 0.358 e. The molecule has 1 saturated carbocycles. The lowest BCUT2D eigenvalue weighted by molar-refractivity contribution is -0.123. The van der Waals surface area contributed by atoms with Crippen molar-refractivity contribution in [1.29, 1.82) is 0 Å². The third kappa shape index (κ3) is 3.81. The number of nitrogens with one attached hydrogen (secondary N) is 2. The summed E-state index contributed by atoms with van der Waals surface area (Å²) >= 11 is 0.